The van der Waals surface area contributed by atoms with E-state index in [-0.39, 0.29) is 6.10 Å². The number of aliphatic hydroxyl groups is 1. The third-order valence-corrected chi connectivity index (χ3v) is 0.692. The smallest absolute Gasteiger partial charge is 0.0773 e. The van der Waals surface area contributed by atoms with E-state index in [9.17, 15) is 0 Å². The fourth-order valence-corrected chi connectivity index (χ4v) is 0.276. The number of rotatable bonds is 3. The maximum absolute atomic E-state index is 8.67. The number of hydrogen-bond donors (Lipinski definition) is 1. The largest absolute Gasteiger partial charge is 0.391 e. The van der Waals surface area contributed by atoms with Crippen molar-refractivity contribution in [2.75, 3.05) is 13.7 Å². The Balaban J connectivity index is 2.83. The Bertz CT molecular complexity index is 37.1. The fourth-order valence-electron chi connectivity index (χ4n) is 0.276. The Kier molecular flexibility index (Phi) is 4.04. The molecule has 0 saturated carbocycles. The summed E-state index contributed by atoms with van der Waals surface area (Å²) in [5.41, 5.74) is 0. The van der Waals surface area contributed by atoms with Crippen LogP contribution in [0.4, 0.5) is 0 Å². The van der Waals surface area contributed by atoms with Crippen LogP contribution in [0.5, 0.6) is 0 Å². The van der Waals surface area contributed by atoms with Gasteiger partial charge in [0, 0.05) is 7.11 Å². The van der Waals surface area contributed by atoms with Gasteiger partial charge in [-0.3, -0.25) is 0 Å². The number of methoxy groups -OCH3 is 1. The lowest BCUT2D eigenvalue weighted by atomic mass is 10.3. The Labute approximate surface area is 44.1 Å². The van der Waals surface area contributed by atoms with Gasteiger partial charge in [0.05, 0.1) is 12.7 Å². The number of ether oxygens (including phenoxy) is 1. The summed E-state index contributed by atoms with van der Waals surface area (Å²) in [6.45, 7) is 3.87. The molecule has 0 aliphatic rings. The minimum atomic E-state index is -0.384. The first-order chi connectivity index (χ1) is 3.31. The van der Waals surface area contributed by atoms with Crippen LogP contribution in [-0.4, -0.2) is 24.9 Å². The molecule has 0 aromatic heterocycles. The second kappa shape index (κ2) is 4.09. The third kappa shape index (κ3) is 3.76. The first-order valence-electron chi connectivity index (χ1n) is 2.27. The van der Waals surface area contributed by atoms with E-state index in [1.165, 1.54) is 0 Å². The van der Waals surface area contributed by atoms with Crippen LogP contribution >= 0.6 is 0 Å². The van der Waals surface area contributed by atoms with Crippen LogP contribution in [0.2, 0.25) is 0 Å². The summed E-state index contributed by atoms with van der Waals surface area (Å²) in [6, 6.07) is 0. The molecule has 1 N–H and O–H groups in total. The highest BCUT2D eigenvalue weighted by atomic mass is 16.5. The van der Waals surface area contributed by atoms with Crippen LogP contribution in [0.1, 0.15) is 6.42 Å². The lowest BCUT2D eigenvalue weighted by Crippen LogP contribution is -2.11. The van der Waals surface area contributed by atoms with Gasteiger partial charge in [-0.25, -0.2) is 0 Å². The molecule has 1 radical (unpaired) electrons. The van der Waals surface area contributed by atoms with Crippen LogP contribution in [0, 0.1) is 6.92 Å². The van der Waals surface area contributed by atoms with Gasteiger partial charge in [-0.15, -0.1) is 0 Å². The van der Waals surface area contributed by atoms with Crippen LogP contribution in [0.15, 0.2) is 0 Å². The second-order valence-corrected chi connectivity index (χ2v) is 1.40. The van der Waals surface area contributed by atoms with Crippen molar-refractivity contribution in [1.29, 1.82) is 0 Å². The van der Waals surface area contributed by atoms with Crippen molar-refractivity contribution in [3.8, 4) is 0 Å². The summed E-state index contributed by atoms with van der Waals surface area (Å²) < 4.78 is 4.60. The predicted molar refractivity (Wildman–Crippen MR) is 27.9 cm³/mol. The summed E-state index contributed by atoms with van der Waals surface area (Å²) in [4.78, 5) is 0. The van der Waals surface area contributed by atoms with E-state index in [2.05, 4.69) is 11.7 Å². The molecule has 0 amide bonds. The van der Waals surface area contributed by atoms with Gasteiger partial charge in [-0.05, 0) is 6.42 Å². The molecule has 0 spiro atoms. The molecule has 0 rings (SSSR count). The lowest BCUT2D eigenvalue weighted by Gasteiger charge is -2.02. The highest BCUT2D eigenvalue weighted by Crippen LogP contribution is 1.86. The average Bonchev–Trinajstić information content (AvgIpc) is 1.68. The van der Waals surface area contributed by atoms with E-state index in [1.807, 2.05) is 0 Å². The van der Waals surface area contributed by atoms with Gasteiger partial charge in [-0.1, -0.05) is 6.92 Å². The van der Waals surface area contributed by atoms with E-state index < -0.39 is 0 Å². The molecule has 7 heavy (non-hydrogen) atoms. The van der Waals surface area contributed by atoms with E-state index in [0.717, 1.165) is 0 Å². The number of aliphatic hydroxyl groups excluding tert-OH is 1. The molecule has 0 aliphatic carbocycles. The maximum Gasteiger partial charge on any atom is 0.0773 e. The van der Waals surface area contributed by atoms with E-state index in [1.54, 1.807) is 7.11 Å². The minimum Gasteiger partial charge on any atom is -0.391 e. The molecule has 2 heteroatoms. The van der Waals surface area contributed by atoms with Gasteiger partial charge in [0.25, 0.3) is 0 Å². The van der Waals surface area contributed by atoms with Gasteiger partial charge in [0.15, 0.2) is 0 Å². The summed E-state index contributed by atoms with van der Waals surface area (Å²) in [6.07, 6.45) is 0.137. The Morgan fingerprint density at radius 2 is 2.43 bits per heavy atom. The summed E-state index contributed by atoms with van der Waals surface area (Å²) >= 11 is 0. The zero-order valence-electron chi connectivity index (χ0n) is 4.55. The van der Waals surface area contributed by atoms with Crippen molar-refractivity contribution >= 4 is 0 Å². The second-order valence-electron chi connectivity index (χ2n) is 1.40. The predicted octanol–water partition coefficient (Wildman–Crippen LogP) is 0.218. The van der Waals surface area contributed by atoms with Gasteiger partial charge < -0.3 is 9.84 Å². The quantitative estimate of drug-likeness (QED) is 0.553. The molecule has 0 heterocycles. The van der Waals surface area contributed by atoms with Crippen molar-refractivity contribution in [1.82, 2.24) is 0 Å². The maximum atomic E-state index is 8.67. The van der Waals surface area contributed by atoms with Gasteiger partial charge in [0.2, 0.25) is 0 Å². The van der Waals surface area contributed by atoms with E-state index >= 15 is 0 Å². The molecule has 2 nitrogen and oxygen atoms in total. The first-order valence-corrected chi connectivity index (χ1v) is 2.27. The normalized spacial score (nSPS) is 14.1. The lowest BCUT2D eigenvalue weighted by molar-refractivity contribution is 0.0663. The standard InChI is InChI=1S/C5H11O2/c1-3-5(6)4-7-2/h5-6H,1,3-4H2,2H3. The average molecular weight is 103 g/mol. The van der Waals surface area contributed by atoms with Crippen LogP contribution in [0.3, 0.4) is 0 Å². The molecule has 0 aromatic rings. The van der Waals surface area contributed by atoms with Crippen molar-refractivity contribution in [3.63, 3.8) is 0 Å². The molecule has 43 valence electrons. The Morgan fingerprint density at radius 1 is 1.86 bits per heavy atom. The van der Waals surface area contributed by atoms with Gasteiger partial charge in [0.1, 0.15) is 0 Å². The Morgan fingerprint density at radius 3 is 2.57 bits per heavy atom. The molecule has 0 fully saturated rings. The molecule has 0 bridgehead atoms. The van der Waals surface area contributed by atoms with Crippen molar-refractivity contribution in [3.05, 3.63) is 6.92 Å². The van der Waals surface area contributed by atoms with Gasteiger partial charge in [-0.2, -0.15) is 0 Å². The Hall–Kier alpha value is -0.0800. The van der Waals surface area contributed by atoms with Crippen molar-refractivity contribution in [2.24, 2.45) is 0 Å². The summed E-state index contributed by atoms with van der Waals surface area (Å²) in [5.74, 6) is 0. The zero-order chi connectivity index (χ0) is 5.70. The van der Waals surface area contributed by atoms with Crippen LogP contribution < -0.4 is 0 Å². The molecule has 1 unspecified atom stereocenters. The van der Waals surface area contributed by atoms with Gasteiger partial charge >= 0.3 is 0 Å². The fraction of sp³-hybridized carbons (Fsp3) is 0.800. The topological polar surface area (TPSA) is 29.5 Å². The molecule has 0 aromatic carbocycles. The summed E-state index contributed by atoms with van der Waals surface area (Å²) in [7, 11) is 1.55. The highest BCUT2D eigenvalue weighted by Gasteiger charge is 1.95. The molecule has 0 saturated heterocycles. The van der Waals surface area contributed by atoms with Crippen LogP contribution in [-0.2, 0) is 4.74 Å². The molecular weight excluding hydrogens is 92.1 g/mol. The SMILES string of the molecule is [CH2]CC(O)COC. The van der Waals surface area contributed by atoms with Crippen molar-refractivity contribution < 1.29 is 9.84 Å². The monoisotopic (exact) mass is 103 g/mol. The summed E-state index contributed by atoms with van der Waals surface area (Å²) in [5, 5.41) is 8.67. The number of hydrogen-bond acceptors (Lipinski definition) is 2. The molecular formula is C5H11O2. The highest BCUT2D eigenvalue weighted by molar-refractivity contribution is 4.52. The molecule has 1 atom stereocenters. The van der Waals surface area contributed by atoms with E-state index in [0.29, 0.717) is 13.0 Å². The van der Waals surface area contributed by atoms with Crippen molar-refractivity contribution in [2.45, 2.75) is 12.5 Å². The minimum absolute atomic E-state index is 0.384. The zero-order valence-corrected chi connectivity index (χ0v) is 4.55. The van der Waals surface area contributed by atoms with Crippen LogP contribution in [0.25, 0.3) is 0 Å². The third-order valence-electron chi connectivity index (χ3n) is 0.692. The van der Waals surface area contributed by atoms with E-state index in [4.69, 9.17) is 5.11 Å². The first kappa shape index (κ1) is 6.92. The molecule has 0 aliphatic heterocycles.